The van der Waals surface area contributed by atoms with Crippen molar-refractivity contribution < 1.29 is 28.7 Å². The van der Waals surface area contributed by atoms with Gasteiger partial charge in [-0.2, -0.15) is 0 Å². The van der Waals surface area contributed by atoms with Crippen LogP contribution >= 0.6 is 11.6 Å². The second-order valence-corrected chi connectivity index (χ2v) is 7.82. The van der Waals surface area contributed by atoms with Gasteiger partial charge in [0.2, 0.25) is 11.8 Å². The summed E-state index contributed by atoms with van der Waals surface area (Å²) in [4.78, 5) is 50.4. The van der Waals surface area contributed by atoms with Gasteiger partial charge in [-0.15, -0.1) is 0 Å². The predicted molar refractivity (Wildman–Crippen MR) is 114 cm³/mol. The number of ether oxygens (including phenoxy) is 2. The van der Waals surface area contributed by atoms with E-state index in [2.05, 4.69) is 10.6 Å². The third-order valence-corrected chi connectivity index (χ3v) is 5.52. The molecule has 2 aliphatic heterocycles. The van der Waals surface area contributed by atoms with E-state index in [1.165, 1.54) is 31.2 Å². The van der Waals surface area contributed by atoms with E-state index in [9.17, 15) is 19.2 Å². The first-order valence-electron chi connectivity index (χ1n) is 9.62. The van der Waals surface area contributed by atoms with Crippen LogP contribution in [0.15, 0.2) is 36.4 Å². The molecule has 1 saturated heterocycles. The summed E-state index contributed by atoms with van der Waals surface area (Å²) in [5.41, 5.74) is 4.65. The second kappa shape index (κ2) is 8.04. The van der Waals surface area contributed by atoms with Crippen molar-refractivity contribution in [2.75, 3.05) is 25.1 Å². The fourth-order valence-electron chi connectivity index (χ4n) is 3.51. The average molecular weight is 459 g/mol. The highest BCUT2D eigenvalue weighted by Gasteiger charge is 2.49. The van der Waals surface area contributed by atoms with Crippen LogP contribution in [0.4, 0.5) is 10.5 Å². The predicted octanol–water partition coefficient (Wildman–Crippen LogP) is 1.62. The highest BCUT2D eigenvalue weighted by molar-refractivity contribution is 6.34. The van der Waals surface area contributed by atoms with Gasteiger partial charge in [-0.05, 0) is 24.6 Å². The second-order valence-electron chi connectivity index (χ2n) is 7.42. The molecule has 0 saturated carbocycles. The molecule has 2 heterocycles. The molecule has 2 aromatic rings. The molecule has 1 fully saturated rings. The zero-order valence-electron chi connectivity index (χ0n) is 16.9. The molecule has 0 spiro atoms. The lowest BCUT2D eigenvalue weighted by Crippen LogP contribution is -2.42. The van der Waals surface area contributed by atoms with Crippen molar-refractivity contribution in [1.29, 1.82) is 0 Å². The van der Waals surface area contributed by atoms with Crippen LogP contribution in [-0.2, 0) is 15.1 Å². The summed E-state index contributed by atoms with van der Waals surface area (Å²) in [5.74, 6) is -1.07. The third-order valence-electron chi connectivity index (χ3n) is 5.21. The number of rotatable bonds is 5. The van der Waals surface area contributed by atoms with Gasteiger partial charge in [0.15, 0.2) is 11.5 Å². The van der Waals surface area contributed by atoms with Crippen LogP contribution in [0.25, 0.3) is 0 Å². The molecule has 4 rings (SSSR count). The number of nitrogens with one attached hydrogen (secondary N) is 2. The molecule has 166 valence electrons. The minimum absolute atomic E-state index is 0.190. The molecular weight excluding hydrogens is 440 g/mol. The zero-order chi connectivity index (χ0) is 23.0. The van der Waals surface area contributed by atoms with Crippen LogP contribution in [0.2, 0.25) is 5.02 Å². The van der Waals surface area contributed by atoms with Crippen LogP contribution < -0.4 is 25.8 Å². The minimum atomic E-state index is -1.46. The minimum Gasteiger partial charge on any atom is -0.486 e. The number of imide groups is 1. The Morgan fingerprint density at radius 1 is 1.19 bits per heavy atom. The first kappa shape index (κ1) is 21.4. The molecule has 0 bridgehead atoms. The van der Waals surface area contributed by atoms with E-state index >= 15 is 0 Å². The molecule has 2 aliphatic rings. The zero-order valence-corrected chi connectivity index (χ0v) is 17.7. The number of nitrogens with two attached hydrogens (primary N) is 1. The molecule has 11 heteroatoms. The Bertz CT molecular complexity index is 1150. The molecule has 0 aliphatic carbocycles. The Morgan fingerprint density at radius 2 is 1.88 bits per heavy atom. The number of fused-ring (bicyclic) bond motifs is 1. The molecule has 0 radical (unpaired) electrons. The van der Waals surface area contributed by atoms with Gasteiger partial charge in [0.05, 0.1) is 10.7 Å². The maximum atomic E-state index is 13.0. The largest absolute Gasteiger partial charge is 0.486 e. The van der Waals surface area contributed by atoms with E-state index in [1.807, 2.05) is 0 Å². The van der Waals surface area contributed by atoms with Crippen molar-refractivity contribution in [1.82, 2.24) is 10.2 Å². The Morgan fingerprint density at radius 3 is 2.56 bits per heavy atom. The quantitative estimate of drug-likeness (QED) is 0.581. The topological polar surface area (TPSA) is 140 Å². The van der Waals surface area contributed by atoms with Gasteiger partial charge in [-0.1, -0.05) is 23.7 Å². The van der Waals surface area contributed by atoms with Crippen LogP contribution in [0, 0.1) is 0 Å². The Kier molecular flexibility index (Phi) is 5.39. The van der Waals surface area contributed by atoms with Crippen molar-refractivity contribution in [3.63, 3.8) is 0 Å². The molecule has 1 unspecified atom stereocenters. The van der Waals surface area contributed by atoms with Gasteiger partial charge in [-0.25, -0.2) is 4.79 Å². The lowest BCUT2D eigenvalue weighted by Gasteiger charge is -2.22. The molecule has 10 nitrogen and oxygen atoms in total. The number of urea groups is 1. The van der Waals surface area contributed by atoms with Gasteiger partial charge in [0.1, 0.15) is 25.3 Å². The van der Waals surface area contributed by atoms with Crippen molar-refractivity contribution in [2.24, 2.45) is 5.73 Å². The molecule has 4 N–H and O–H groups in total. The maximum Gasteiger partial charge on any atom is 0.325 e. The number of benzene rings is 2. The monoisotopic (exact) mass is 458 g/mol. The van der Waals surface area contributed by atoms with Gasteiger partial charge < -0.3 is 25.8 Å². The number of anilines is 1. The summed E-state index contributed by atoms with van der Waals surface area (Å²) in [5, 5.41) is 5.37. The van der Waals surface area contributed by atoms with E-state index in [0.717, 1.165) is 4.90 Å². The van der Waals surface area contributed by atoms with Gasteiger partial charge >= 0.3 is 6.03 Å². The normalized spacial score (nSPS) is 19.5. The molecule has 32 heavy (non-hydrogen) atoms. The van der Waals surface area contributed by atoms with Gasteiger partial charge in [0.25, 0.3) is 5.91 Å². The fraction of sp³-hybridized carbons (Fsp3) is 0.238. The van der Waals surface area contributed by atoms with Crippen molar-refractivity contribution in [2.45, 2.75) is 12.5 Å². The Balaban J connectivity index is 1.51. The van der Waals surface area contributed by atoms with Crippen molar-refractivity contribution in [3.8, 4) is 11.5 Å². The highest BCUT2D eigenvalue weighted by Crippen LogP contribution is 2.38. The maximum absolute atomic E-state index is 13.0. The molecule has 2 aromatic carbocycles. The number of hydrogen-bond acceptors (Lipinski definition) is 6. The number of amides is 5. The van der Waals surface area contributed by atoms with Gasteiger partial charge in [0, 0.05) is 17.7 Å². The van der Waals surface area contributed by atoms with E-state index < -0.39 is 35.8 Å². The molecule has 5 amide bonds. The number of nitrogens with zero attached hydrogens (tertiary/aromatic N) is 1. The van der Waals surface area contributed by atoms with Crippen LogP contribution in [0.3, 0.4) is 0 Å². The smallest absolute Gasteiger partial charge is 0.325 e. The summed E-state index contributed by atoms with van der Waals surface area (Å²) in [6.07, 6.45) is 0. The van der Waals surface area contributed by atoms with Gasteiger partial charge in [-0.3, -0.25) is 19.3 Å². The summed E-state index contributed by atoms with van der Waals surface area (Å²) >= 11 is 6.20. The number of halogens is 1. The van der Waals surface area contributed by atoms with Crippen LogP contribution in [-0.4, -0.2) is 48.4 Å². The standard InChI is InChI=1S/C21H19ClN4O6/c1-21(12-4-2-3-11(7-12)18(23)28)19(29)26(20(30)25-21)10-17(27)24-14-9-16-15(8-13(14)22)31-5-6-32-16/h2-4,7-9H,5-6,10H2,1H3,(H2,23,28)(H,24,27)(H,25,30). The van der Waals surface area contributed by atoms with Crippen LogP contribution in [0.1, 0.15) is 22.8 Å². The molecular formula is C21H19ClN4O6. The summed E-state index contributed by atoms with van der Waals surface area (Å²) in [6, 6.07) is 8.35. The summed E-state index contributed by atoms with van der Waals surface area (Å²) in [7, 11) is 0. The van der Waals surface area contributed by atoms with Crippen molar-refractivity contribution in [3.05, 3.63) is 52.5 Å². The Labute approximate surface area is 187 Å². The number of hydrogen-bond donors (Lipinski definition) is 3. The fourth-order valence-corrected chi connectivity index (χ4v) is 3.71. The number of carbonyl (C=O) groups is 4. The third kappa shape index (κ3) is 3.80. The summed E-state index contributed by atoms with van der Waals surface area (Å²) in [6.45, 7) is 1.70. The first-order valence-corrected chi connectivity index (χ1v) is 10.0. The average Bonchev–Trinajstić information content (AvgIpc) is 2.98. The first-order chi connectivity index (χ1) is 15.2. The lowest BCUT2D eigenvalue weighted by molar-refractivity contribution is -0.133. The van der Waals surface area contributed by atoms with E-state index in [0.29, 0.717) is 30.3 Å². The summed E-state index contributed by atoms with van der Waals surface area (Å²) < 4.78 is 10.9. The van der Waals surface area contributed by atoms with Crippen molar-refractivity contribution >= 4 is 41.0 Å². The van der Waals surface area contributed by atoms with E-state index in [1.54, 1.807) is 12.1 Å². The SMILES string of the molecule is CC1(c2cccc(C(N)=O)c2)NC(=O)N(CC(=O)Nc2cc3c(cc2Cl)OCCO3)C1=O. The molecule has 1 atom stereocenters. The highest BCUT2D eigenvalue weighted by atomic mass is 35.5. The number of primary amides is 1. The van der Waals surface area contributed by atoms with E-state index in [-0.39, 0.29) is 16.3 Å². The number of carbonyl (C=O) groups excluding carboxylic acids is 4. The lowest BCUT2D eigenvalue weighted by atomic mass is 9.90. The van der Waals surface area contributed by atoms with Crippen LogP contribution in [0.5, 0.6) is 11.5 Å². The van der Waals surface area contributed by atoms with E-state index in [4.69, 9.17) is 26.8 Å². The molecule has 0 aromatic heterocycles. The Hall–Kier alpha value is -3.79.